The number of carbonyl (C=O) groups is 2. The van der Waals surface area contributed by atoms with Crippen LogP contribution in [0.1, 0.15) is 35.7 Å². The molecule has 0 bridgehead atoms. The second-order valence-electron chi connectivity index (χ2n) is 9.07. The molecule has 0 spiro atoms. The maximum atomic E-state index is 13.2. The largest absolute Gasteiger partial charge is 0.353 e. The average Bonchev–Trinajstić information content (AvgIpc) is 3.15. The van der Waals surface area contributed by atoms with Gasteiger partial charge in [0.2, 0.25) is 5.91 Å². The van der Waals surface area contributed by atoms with Gasteiger partial charge in [0.15, 0.2) is 5.82 Å². The molecule has 4 rings (SSSR count). The van der Waals surface area contributed by atoms with Crippen molar-refractivity contribution in [2.75, 3.05) is 44.2 Å². The van der Waals surface area contributed by atoms with Crippen LogP contribution in [-0.4, -0.2) is 71.1 Å². The van der Waals surface area contributed by atoms with Crippen LogP contribution in [0.2, 0.25) is 5.02 Å². The minimum absolute atomic E-state index is 0.0223. The maximum Gasteiger partial charge on any atom is 0.254 e. The number of nitrogens with zero attached hydrogens (tertiary/aromatic N) is 5. The number of hydrogen-bond acceptors (Lipinski definition) is 5. The van der Waals surface area contributed by atoms with E-state index in [2.05, 4.69) is 15.1 Å². The van der Waals surface area contributed by atoms with Crippen molar-refractivity contribution in [2.45, 2.75) is 26.7 Å². The van der Waals surface area contributed by atoms with Gasteiger partial charge in [-0.25, -0.2) is 0 Å². The van der Waals surface area contributed by atoms with E-state index in [0.29, 0.717) is 36.8 Å². The SMILES string of the molecule is CCCN(CC(=O)N1CCCN(c2ccc(-c3ccccc3Cl)nn2)CC1)C(=O)c1ccc(C)cc1. The molecule has 2 amide bonds. The van der Waals surface area contributed by atoms with E-state index in [4.69, 9.17) is 11.6 Å². The van der Waals surface area contributed by atoms with E-state index in [-0.39, 0.29) is 18.4 Å². The Morgan fingerprint density at radius 2 is 1.72 bits per heavy atom. The molecule has 8 heteroatoms. The summed E-state index contributed by atoms with van der Waals surface area (Å²) in [6.07, 6.45) is 1.61. The van der Waals surface area contributed by atoms with Gasteiger partial charge in [0.25, 0.3) is 5.91 Å². The molecule has 2 heterocycles. The smallest absolute Gasteiger partial charge is 0.254 e. The fourth-order valence-electron chi connectivity index (χ4n) is 4.37. The molecular weight excluding hydrogens is 474 g/mol. The van der Waals surface area contributed by atoms with Crippen molar-refractivity contribution in [2.24, 2.45) is 0 Å². The Kier molecular flexibility index (Phi) is 8.54. The summed E-state index contributed by atoms with van der Waals surface area (Å²) in [7, 11) is 0. The van der Waals surface area contributed by atoms with E-state index in [9.17, 15) is 9.59 Å². The molecule has 0 atom stereocenters. The van der Waals surface area contributed by atoms with Crippen molar-refractivity contribution in [1.29, 1.82) is 0 Å². The second-order valence-corrected chi connectivity index (χ2v) is 9.48. The van der Waals surface area contributed by atoms with Crippen molar-refractivity contribution in [3.8, 4) is 11.3 Å². The fraction of sp³-hybridized carbons (Fsp3) is 0.357. The first-order valence-corrected chi connectivity index (χ1v) is 12.8. The van der Waals surface area contributed by atoms with Gasteiger partial charge in [0.05, 0.1) is 10.7 Å². The molecule has 1 aliphatic rings. The van der Waals surface area contributed by atoms with Crippen LogP contribution in [0.3, 0.4) is 0 Å². The van der Waals surface area contributed by atoms with Gasteiger partial charge in [-0.3, -0.25) is 9.59 Å². The lowest BCUT2D eigenvalue weighted by Gasteiger charge is -2.27. The Labute approximate surface area is 217 Å². The van der Waals surface area contributed by atoms with Crippen LogP contribution in [0.25, 0.3) is 11.3 Å². The molecular formula is C28H32ClN5O2. The zero-order valence-corrected chi connectivity index (χ0v) is 21.6. The van der Waals surface area contributed by atoms with Crippen LogP contribution in [0.15, 0.2) is 60.7 Å². The zero-order chi connectivity index (χ0) is 25.5. The predicted molar refractivity (Wildman–Crippen MR) is 143 cm³/mol. The fourth-order valence-corrected chi connectivity index (χ4v) is 4.60. The van der Waals surface area contributed by atoms with Crippen LogP contribution in [0.4, 0.5) is 5.82 Å². The number of benzene rings is 2. The number of halogens is 1. The first-order chi connectivity index (χ1) is 17.5. The van der Waals surface area contributed by atoms with Crippen molar-refractivity contribution in [1.82, 2.24) is 20.0 Å². The molecule has 0 aliphatic carbocycles. The number of aryl methyl sites for hydroxylation is 1. The summed E-state index contributed by atoms with van der Waals surface area (Å²) in [4.78, 5) is 31.9. The Morgan fingerprint density at radius 1 is 0.944 bits per heavy atom. The molecule has 1 aromatic heterocycles. The predicted octanol–water partition coefficient (Wildman–Crippen LogP) is 4.70. The maximum absolute atomic E-state index is 13.2. The van der Waals surface area contributed by atoms with E-state index in [0.717, 1.165) is 42.0 Å². The number of anilines is 1. The van der Waals surface area contributed by atoms with Gasteiger partial charge in [-0.2, -0.15) is 0 Å². The summed E-state index contributed by atoms with van der Waals surface area (Å²) in [5.74, 6) is 0.656. The van der Waals surface area contributed by atoms with E-state index in [1.807, 2.05) is 79.4 Å². The highest BCUT2D eigenvalue weighted by molar-refractivity contribution is 6.33. The van der Waals surface area contributed by atoms with Crippen LogP contribution in [0, 0.1) is 6.92 Å². The lowest BCUT2D eigenvalue weighted by Crippen LogP contribution is -2.44. The van der Waals surface area contributed by atoms with Crippen LogP contribution in [-0.2, 0) is 4.79 Å². The summed E-state index contributed by atoms with van der Waals surface area (Å²) in [5.41, 5.74) is 3.29. The highest BCUT2D eigenvalue weighted by atomic mass is 35.5. The third-order valence-corrected chi connectivity index (χ3v) is 6.71. The minimum atomic E-state index is -0.101. The minimum Gasteiger partial charge on any atom is -0.353 e. The van der Waals surface area contributed by atoms with Gasteiger partial charge < -0.3 is 14.7 Å². The van der Waals surface area contributed by atoms with Crippen molar-refractivity contribution in [3.05, 3.63) is 76.8 Å². The molecule has 1 fully saturated rings. The van der Waals surface area contributed by atoms with Crippen molar-refractivity contribution in [3.63, 3.8) is 0 Å². The Morgan fingerprint density at radius 3 is 2.42 bits per heavy atom. The first kappa shape index (κ1) is 25.6. The van der Waals surface area contributed by atoms with Gasteiger partial charge in [0.1, 0.15) is 6.54 Å². The Balaban J connectivity index is 1.37. The Bertz CT molecular complexity index is 1180. The van der Waals surface area contributed by atoms with Gasteiger partial charge >= 0.3 is 0 Å². The number of rotatable bonds is 7. The van der Waals surface area contributed by atoms with Crippen LogP contribution >= 0.6 is 11.6 Å². The van der Waals surface area contributed by atoms with Crippen molar-refractivity contribution >= 4 is 29.2 Å². The molecule has 0 radical (unpaired) electrons. The summed E-state index contributed by atoms with van der Waals surface area (Å²) >= 11 is 6.29. The number of carbonyl (C=O) groups excluding carboxylic acids is 2. The van der Waals surface area contributed by atoms with E-state index in [1.165, 1.54) is 0 Å². The van der Waals surface area contributed by atoms with Crippen molar-refractivity contribution < 1.29 is 9.59 Å². The third kappa shape index (κ3) is 6.21. The van der Waals surface area contributed by atoms with E-state index < -0.39 is 0 Å². The van der Waals surface area contributed by atoms with Gasteiger partial charge in [-0.1, -0.05) is 54.4 Å². The lowest BCUT2D eigenvalue weighted by molar-refractivity contribution is -0.131. The standard InChI is InChI=1S/C28H32ClN5O2/c1-3-15-34(28(36)22-11-9-21(2)10-12-22)20-27(35)33-17-6-16-32(18-19-33)26-14-13-25(30-31-26)23-7-4-5-8-24(23)29/h4-5,7-14H,3,6,15-20H2,1-2H3. The number of hydrogen-bond donors (Lipinski definition) is 0. The number of aromatic nitrogens is 2. The highest BCUT2D eigenvalue weighted by Gasteiger charge is 2.24. The first-order valence-electron chi connectivity index (χ1n) is 12.4. The monoisotopic (exact) mass is 505 g/mol. The summed E-state index contributed by atoms with van der Waals surface area (Å²) in [5, 5.41) is 9.45. The molecule has 1 aliphatic heterocycles. The van der Waals surface area contributed by atoms with E-state index >= 15 is 0 Å². The third-order valence-electron chi connectivity index (χ3n) is 6.38. The summed E-state index contributed by atoms with van der Waals surface area (Å²) in [6, 6.07) is 18.9. The molecule has 2 aromatic carbocycles. The number of amides is 2. The normalized spacial score (nSPS) is 13.9. The molecule has 0 unspecified atom stereocenters. The molecule has 7 nitrogen and oxygen atoms in total. The lowest BCUT2D eigenvalue weighted by atomic mass is 10.1. The zero-order valence-electron chi connectivity index (χ0n) is 20.9. The molecule has 3 aromatic rings. The average molecular weight is 506 g/mol. The topological polar surface area (TPSA) is 69.6 Å². The van der Waals surface area contributed by atoms with Gasteiger partial charge in [-0.15, -0.1) is 10.2 Å². The quantitative estimate of drug-likeness (QED) is 0.465. The summed E-state index contributed by atoms with van der Waals surface area (Å²) < 4.78 is 0. The highest BCUT2D eigenvalue weighted by Crippen LogP contribution is 2.26. The van der Waals surface area contributed by atoms with Gasteiger partial charge in [-0.05, 0) is 50.1 Å². The Hall–Kier alpha value is -3.45. The van der Waals surface area contributed by atoms with Gasteiger partial charge in [0, 0.05) is 43.9 Å². The molecule has 188 valence electrons. The second kappa shape index (κ2) is 12.0. The molecule has 36 heavy (non-hydrogen) atoms. The molecule has 0 N–H and O–H groups in total. The van der Waals surface area contributed by atoms with Crippen LogP contribution in [0.5, 0.6) is 0 Å². The van der Waals surface area contributed by atoms with E-state index in [1.54, 1.807) is 4.90 Å². The summed E-state index contributed by atoms with van der Waals surface area (Å²) in [6.45, 7) is 7.31. The molecule has 1 saturated heterocycles. The molecule has 0 saturated carbocycles. The van der Waals surface area contributed by atoms with Crippen LogP contribution < -0.4 is 4.90 Å².